The van der Waals surface area contributed by atoms with Crippen molar-refractivity contribution in [3.05, 3.63) is 35.4 Å². The molecule has 0 saturated carbocycles. The van der Waals surface area contributed by atoms with Crippen molar-refractivity contribution in [3.63, 3.8) is 0 Å². The van der Waals surface area contributed by atoms with Gasteiger partial charge in [-0.15, -0.1) is 0 Å². The highest BCUT2D eigenvalue weighted by molar-refractivity contribution is 6.00. The number of Topliss-reactive ketones (excluding diaryl/α,β-unsaturated/α-hetero) is 1. The maximum absolute atomic E-state index is 13.6. The molecule has 0 bridgehead atoms. The predicted molar refractivity (Wildman–Crippen MR) is 67.0 cm³/mol. The monoisotopic (exact) mass is 269 g/mol. The van der Waals surface area contributed by atoms with Gasteiger partial charge < -0.3 is 5.11 Å². The number of aliphatic hydroxyl groups is 1. The summed E-state index contributed by atoms with van der Waals surface area (Å²) in [5, 5.41) is 9.43. The van der Waals surface area contributed by atoms with Crippen molar-refractivity contribution in [1.82, 2.24) is 4.90 Å². The van der Waals surface area contributed by atoms with Gasteiger partial charge in [0.25, 0.3) is 0 Å². The molecule has 104 valence electrons. The highest BCUT2D eigenvalue weighted by atomic mass is 19.1. The standard InChI is InChI=1S/C14H17F2NO2/c1-9(17-6-4-11(18)5-7-17)14(19)12-3-2-10(15)8-13(12)16/h2-3,8-9,11,18H,4-7H2,1H3. The van der Waals surface area contributed by atoms with Crippen molar-refractivity contribution in [2.75, 3.05) is 13.1 Å². The molecule has 1 aliphatic heterocycles. The van der Waals surface area contributed by atoms with Crippen LogP contribution in [0, 0.1) is 11.6 Å². The summed E-state index contributed by atoms with van der Waals surface area (Å²) in [6.45, 7) is 2.93. The summed E-state index contributed by atoms with van der Waals surface area (Å²) in [5.41, 5.74) is -0.0833. The van der Waals surface area contributed by atoms with Crippen LogP contribution in [-0.2, 0) is 0 Å². The number of piperidine rings is 1. The lowest BCUT2D eigenvalue weighted by molar-refractivity contribution is 0.0546. The van der Waals surface area contributed by atoms with Crippen LogP contribution in [0.2, 0.25) is 0 Å². The Balaban J connectivity index is 2.10. The van der Waals surface area contributed by atoms with Crippen molar-refractivity contribution in [2.45, 2.75) is 31.9 Å². The Morgan fingerprint density at radius 1 is 1.37 bits per heavy atom. The summed E-state index contributed by atoms with van der Waals surface area (Å²) in [7, 11) is 0. The maximum Gasteiger partial charge on any atom is 0.182 e. The molecular weight excluding hydrogens is 252 g/mol. The average Bonchev–Trinajstić information content (AvgIpc) is 2.38. The molecule has 2 rings (SSSR count). The fourth-order valence-electron chi connectivity index (χ4n) is 2.35. The van der Waals surface area contributed by atoms with Crippen molar-refractivity contribution in [1.29, 1.82) is 0 Å². The van der Waals surface area contributed by atoms with Crippen molar-refractivity contribution >= 4 is 5.78 Å². The van der Waals surface area contributed by atoms with Gasteiger partial charge in [-0.3, -0.25) is 9.69 Å². The number of nitrogens with zero attached hydrogens (tertiary/aromatic N) is 1. The molecule has 0 spiro atoms. The van der Waals surface area contributed by atoms with Crippen LogP contribution in [0.3, 0.4) is 0 Å². The Hall–Kier alpha value is -1.33. The first kappa shape index (κ1) is 14.1. The molecule has 1 atom stereocenters. The van der Waals surface area contributed by atoms with Crippen molar-refractivity contribution in [3.8, 4) is 0 Å². The number of aliphatic hydroxyl groups excluding tert-OH is 1. The SMILES string of the molecule is CC(C(=O)c1ccc(F)cc1F)N1CCC(O)CC1. The summed E-state index contributed by atoms with van der Waals surface area (Å²) < 4.78 is 26.4. The molecule has 1 aromatic carbocycles. The number of halogens is 2. The third-order valence-electron chi connectivity index (χ3n) is 3.62. The first-order valence-corrected chi connectivity index (χ1v) is 6.40. The van der Waals surface area contributed by atoms with Gasteiger partial charge in [-0.05, 0) is 31.9 Å². The third kappa shape index (κ3) is 3.16. The molecule has 1 aromatic rings. The minimum atomic E-state index is -0.825. The van der Waals surface area contributed by atoms with Gasteiger partial charge in [0, 0.05) is 19.2 Å². The van der Waals surface area contributed by atoms with Crippen molar-refractivity contribution in [2.24, 2.45) is 0 Å². The quantitative estimate of drug-likeness (QED) is 0.853. The number of carbonyl (C=O) groups is 1. The zero-order chi connectivity index (χ0) is 14.0. The Morgan fingerprint density at radius 3 is 2.58 bits per heavy atom. The van der Waals surface area contributed by atoms with Crippen LogP contribution in [0.25, 0.3) is 0 Å². The van der Waals surface area contributed by atoms with Gasteiger partial charge in [0.15, 0.2) is 5.78 Å². The highest BCUT2D eigenvalue weighted by Crippen LogP contribution is 2.18. The van der Waals surface area contributed by atoms with E-state index in [9.17, 15) is 18.7 Å². The average molecular weight is 269 g/mol. The molecule has 5 heteroatoms. The minimum absolute atomic E-state index is 0.0833. The van der Waals surface area contributed by atoms with Gasteiger partial charge in [0.05, 0.1) is 17.7 Å². The Labute approximate surface area is 110 Å². The van der Waals surface area contributed by atoms with Crippen LogP contribution >= 0.6 is 0 Å². The van der Waals surface area contributed by atoms with Gasteiger partial charge in [-0.25, -0.2) is 8.78 Å². The number of ketones is 1. The lowest BCUT2D eigenvalue weighted by Gasteiger charge is -2.33. The fraction of sp³-hybridized carbons (Fsp3) is 0.500. The van der Waals surface area contributed by atoms with E-state index in [0.717, 1.165) is 12.1 Å². The molecule has 0 amide bonds. The summed E-state index contributed by atoms with van der Waals surface area (Å²) in [5.74, 6) is -1.87. The highest BCUT2D eigenvalue weighted by Gasteiger charge is 2.27. The molecule has 19 heavy (non-hydrogen) atoms. The van der Waals surface area contributed by atoms with Crippen LogP contribution in [0.15, 0.2) is 18.2 Å². The van der Waals surface area contributed by atoms with E-state index in [1.54, 1.807) is 6.92 Å². The molecule has 0 radical (unpaired) electrons. The van der Waals surface area contributed by atoms with E-state index in [0.29, 0.717) is 25.9 Å². The van der Waals surface area contributed by atoms with Gasteiger partial charge in [0.2, 0.25) is 0 Å². The number of rotatable bonds is 3. The van der Waals surface area contributed by atoms with E-state index in [1.807, 2.05) is 4.90 Å². The van der Waals surface area contributed by atoms with Crippen LogP contribution in [-0.4, -0.2) is 41.0 Å². The van der Waals surface area contributed by atoms with Crippen LogP contribution in [0.5, 0.6) is 0 Å². The van der Waals surface area contributed by atoms with E-state index in [4.69, 9.17) is 0 Å². The van der Waals surface area contributed by atoms with E-state index >= 15 is 0 Å². The summed E-state index contributed by atoms with van der Waals surface area (Å²) in [4.78, 5) is 14.1. The lowest BCUT2D eigenvalue weighted by atomic mass is 10.00. The van der Waals surface area contributed by atoms with Crippen LogP contribution in [0.1, 0.15) is 30.1 Å². The summed E-state index contributed by atoms with van der Waals surface area (Å²) in [6.07, 6.45) is 0.911. The minimum Gasteiger partial charge on any atom is -0.393 e. The number of hydrogen-bond acceptors (Lipinski definition) is 3. The Morgan fingerprint density at radius 2 is 2.00 bits per heavy atom. The molecule has 0 aliphatic carbocycles. The van der Waals surface area contributed by atoms with Gasteiger partial charge in [-0.2, -0.15) is 0 Å². The summed E-state index contributed by atoms with van der Waals surface area (Å²) >= 11 is 0. The molecular formula is C14H17F2NO2. The molecule has 1 unspecified atom stereocenters. The molecule has 1 saturated heterocycles. The number of likely N-dealkylation sites (tertiary alicyclic amines) is 1. The zero-order valence-corrected chi connectivity index (χ0v) is 10.8. The van der Waals surface area contributed by atoms with E-state index in [2.05, 4.69) is 0 Å². The van der Waals surface area contributed by atoms with E-state index < -0.39 is 17.7 Å². The maximum atomic E-state index is 13.6. The second-order valence-electron chi connectivity index (χ2n) is 4.93. The van der Waals surface area contributed by atoms with Crippen LogP contribution < -0.4 is 0 Å². The number of carbonyl (C=O) groups excluding carboxylic acids is 1. The second kappa shape index (κ2) is 5.75. The topological polar surface area (TPSA) is 40.5 Å². The fourth-order valence-corrected chi connectivity index (χ4v) is 2.35. The van der Waals surface area contributed by atoms with E-state index in [1.165, 1.54) is 6.07 Å². The Kier molecular flexibility index (Phi) is 4.27. The Bertz CT molecular complexity index is 471. The van der Waals surface area contributed by atoms with Gasteiger partial charge in [-0.1, -0.05) is 0 Å². The normalized spacial score (nSPS) is 19.4. The first-order chi connectivity index (χ1) is 8.99. The summed E-state index contributed by atoms with van der Waals surface area (Å²) in [6, 6.07) is 2.53. The molecule has 1 aliphatic rings. The first-order valence-electron chi connectivity index (χ1n) is 6.40. The molecule has 0 aromatic heterocycles. The van der Waals surface area contributed by atoms with Gasteiger partial charge in [0.1, 0.15) is 11.6 Å². The largest absolute Gasteiger partial charge is 0.393 e. The number of benzene rings is 1. The zero-order valence-electron chi connectivity index (χ0n) is 10.8. The molecule has 1 fully saturated rings. The lowest BCUT2D eigenvalue weighted by Crippen LogP contribution is -2.45. The van der Waals surface area contributed by atoms with E-state index in [-0.39, 0.29) is 17.5 Å². The third-order valence-corrected chi connectivity index (χ3v) is 3.62. The van der Waals surface area contributed by atoms with Crippen molar-refractivity contribution < 1.29 is 18.7 Å². The smallest absolute Gasteiger partial charge is 0.182 e. The molecule has 1 heterocycles. The number of hydrogen-bond donors (Lipinski definition) is 1. The van der Waals surface area contributed by atoms with Crippen LogP contribution in [0.4, 0.5) is 8.78 Å². The van der Waals surface area contributed by atoms with Gasteiger partial charge >= 0.3 is 0 Å². The second-order valence-corrected chi connectivity index (χ2v) is 4.93. The molecule has 1 N–H and O–H groups in total. The molecule has 3 nitrogen and oxygen atoms in total. The predicted octanol–water partition coefficient (Wildman–Crippen LogP) is 1.99.